The Morgan fingerprint density at radius 3 is 2.67 bits per heavy atom. The first-order valence-corrected chi connectivity index (χ1v) is 7.40. The van der Waals surface area contributed by atoms with Gasteiger partial charge in [0.05, 0.1) is 10.7 Å². The van der Waals surface area contributed by atoms with Crippen molar-refractivity contribution in [3.63, 3.8) is 0 Å². The number of sulfonamides is 1. The van der Waals surface area contributed by atoms with Crippen molar-refractivity contribution in [2.75, 3.05) is 4.72 Å². The van der Waals surface area contributed by atoms with Gasteiger partial charge in [-0.2, -0.15) is 8.42 Å². The van der Waals surface area contributed by atoms with Gasteiger partial charge >= 0.3 is 0 Å². The Balaban J connectivity index is 2.25. The third kappa shape index (κ3) is 2.59. The van der Waals surface area contributed by atoms with Crippen LogP contribution in [0, 0.1) is 0 Å². The minimum atomic E-state index is -3.80. The summed E-state index contributed by atoms with van der Waals surface area (Å²) in [5.74, 6) is 0.860. The number of rotatable bonds is 4. The standard InChI is InChI=1S/C10H11BrN2O4S/c1-6(2)8-5-9(12-17-8)13-18(14,15)10-7(11)3-4-16-10/h3-6H,1-2H3,(H,12,13). The van der Waals surface area contributed by atoms with E-state index in [4.69, 9.17) is 8.94 Å². The first-order valence-electron chi connectivity index (χ1n) is 5.12. The van der Waals surface area contributed by atoms with Crippen LogP contribution in [-0.2, 0) is 10.0 Å². The molecule has 8 heteroatoms. The van der Waals surface area contributed by atoms with Crippen LogP contribution in [0.1, 0.15) is 25.5 Å². The molecule has 2 aromatic heterocycles. The second-order valence-electron chi connectivity index (χ2n) is 3.93. The Kier molecular flexibility index (Phi) is 3.49. The van der Waals surface area contributed by atoms with Crippen molar-refractivity contribution in [3.05, 3.63) is 28.6 Å². The number of aromatic nitrogens is 1. The molecule has 0 spiro atoms. The van der Waals surface area contributed by atoms with Crippen LogP contribution in [0.3, 0.4) is 0 Å². The molecule has 2 aromatic rings. The number of nitrogens with zero attached hydrogens (tertiary/aromatic N) is 1. The van der Waals surface area contributed by atoms with E-state index >= 15 is 0 Å². The topological polar surface area (TPSA) is 85.3 Å². The van der Waals surface area contributed by atoms with Crippen molar-refractivity contribution < 1.29 is 17.4 Å². The number of hydrogen-bond acceptors (Lipinski definition) is 5. The van der Waals surface area contributed by atoms with E-state index in [0.29, 0.717) is 10.2 Å². The lowest BCUT2D eigenvalue weighted by Crippen LogP contribution is -2.12. The molecular formula is C10H11BrN2O4S. The zero-order valence-electron chi connectivity index (χ0n) is 9.68. The van der Waals surface area contributed by atoms with Gasteiger partial charge in [-0.1, -0.05) is 19.0 Å². The van der Waals surface area contributed by atoms with Crippen LogP contribution in [0.25, 0.3) is 0 Å². The molecule has 0 bridgehead atoms. The van der Waals surface area contributed by atoms with E-state index in [1.807, 2.05) is 13.8 Å². The third-order valence-corrected chi connectivity index (χ3v) is 4.33. The van der Waals surface area contributed by atoms with E-state index in [0.717, 1.165) is 0 Å². The molecule has 1 N–H and O–H groups in total. The molecule has 2 heterocycles. The van der Waals surface area contributed by atoms with E-state index in [-0.39, 0.29) is 16.8 Å². The molecule has 0 unspecified atom stereocenters. The number of anilines is 1. The fraction of sp³-hybridized carbons (Fsp3) is 0.300. The average molecular weight is 335 g/mol. The Morgan fingerprint density at radius 2 is 2.17 bits per heavy atom. The molecule has 0 radical (unpaired) electrons. The van der Waals surface area contributed by atoms with Crippen molar-refractivity contribution >= 4 is 31.8 Å². The van der Waals surface area contributed by atoms with E-state index in [9.17, 15) is 8.42 Å². The van der Waals surface area contributed by atoms with Crippen LogP contribution in [0.4, 0.5) is 5.82 Å². The average Bonchev–Trinajstić information content (AvgIpc) is 2.86. The SMILES string of the molecule is CC(C)c1cc(NS(=O)(=O)c2occc2Br)no1. The monoisotopic (exact) mass is 334 g/mol. The van der Waals surface area contributed by atoms with Crippen molar-refractivity contribution in [2.45, 2.75) is 24.9 Å². The number of nitrogens with one attached hydrogen (secondary N) is 1. The van der Waals surface area contributed by atoms with Crippen molar-refractivity contribution in [1.82, 2.24) is 5.16 Å². The third-order valence-electron chi connectivity index (χ3n) is 2.16. The van der Waals surface area contributed by atoms with Crippen LogP contribution in [-0.4, -0.2) is 13.6 Å². The maximum Gasteiger partial charge on any atom is 0.297 e. The fourth-order valence-corrected chi connectivity index (χ4v) is 3.08. The zero-order valence-corrected chi connectivity index (χ0v) is 12.1. The quantitative estimate of drug-likeness (QED) is 0.928. The minimum Gasteiger partial charge on any atom is -0.450 e. The van der Waals surface area contributed by atoms with Crippen LogP contribution in [0.15, 0.2) is 36.9 Å². The van der Waals surface area contributed by atoms with E-state index < -0.39 is 10.0 Å². The number of halogens is 1. The molecular weight excluding hydrogens is 324 g/mol. The highest BCUT2D eigenvalue weighted by molar-refractivity contribution is 9.10. The summed E-state index contributed by atoms with van der Waals surface area (Å²) in [4.78, 5) is 0. The van der Waals surface area contributed by atoms with Crippen LogP contribution in [0.2, 0.25) is 0 Å². The molecule has 0 aromatic carbocycles. The van der Waals surface area contributed by atoms with Gasteiger partial charge in [-0.25, -0.2) is 0 Å². The predicted molar refractivity (Wildman–Crippen MR) is 67.8 cm³/mol. The van der Waals surface area contributed by atoms with Crippen molar-refractivity contribution in [1.29, 1.82) is 0 Å². The highest BCUT2D eigenvalue weighted by atomic mass is 79.9. The summed E-state index contributed by atoms with van der Waals surface area (Å²) in [5.41, 5.74) is 0. The van der Waals surface area contributed by atoms with Crippen molar-refractivity contribution in [2.24, 2.45) is 0 Å². The van der Waals surface area contributed by atoms with Gasteiger partial charge in [-0.3, -0.25) is 4.72 Å². The number of hydrogen-bond donors (Lipinski definition) is 1. The van der Waals surface area contributed by atoms with Gasteiger partial charge in [-0.15, -0.1) is 0 Å². The van der Waals surface area contributed by atoms with E-state index in [1.54, 1.807) is 6.07 Å². The maximum atomic E-state index is 11.9. The van der Waals surface area contributed by atoms with E-state index in [2.05, 4.69) is 25.8 Å². The Labute approximate surface area is 113 Å². The molecule has 0 atom stereocenters. The van der Waals surface area contributed by atoms with Crippen LogP contribution < -0.4 is 4.72 Å². The molecule has 0 aliphatic heterocycles. The summed E-state index contributed by atoms with van der Waals surface area (Å²) in [5, 5.41) is 3.44. The summed E-state index contributed by atoms with van der Waals surface area (Å²) >= 11 is 3.09. The first kappa shape index (κ1) is 13.2. The molecule has 0 aliphatic rings. The lowest BCUT2D eigenvalue weighted by molar-refractivity contribution is 0.373. The van der Waals surface area contributed by atoms with Crippen molar-refractivity contribution in [3.8, 4) is 0 Å². The molecule has 98 valence electrons. The predicted octanol–water partition coefficient (Wildman–Crippen LogP) is 2.95. The second-order valence-corrected chi connectivity index (χ2v) is 6.37. The first-order chi connectivity index (χ1) is 8.40. The molecule has 0 saturated carbocycles. The molecule has 6 nitrogen and oxygen atoms in total. The Bertz CT molecular complexity index is 644. The van der Waals surface area contributed by atoms with Gasteiger partial charge in [0, 0.05) is 12.0 Å². The van der Waals surface area contributed by atoms with Gasteiger partial charge in [0.1, 0.15) is 5.76 Å². The maximum absolute atomic E-state index is 11.9. The molecule has 0 fully saturated rings. The lowest BCUT2D eigenvalue weighted by Gasteiger charge is -2.01. The molecule has 0 saturated heterocycles. The van der Waals surface area contributed by atoms with Crippen LogP contribution >= 0.6 is 15.9 Å². The number of furan rings is 1. The van der Waals surface area contributed by atoms with Gasteiger partial charge in [-0.05, 0) is 22.0 Å². The summed E-state index contributed by atoms with van der Waals surface area (Å²) in [7, 11) is -3.80. The highest BCUT2D eigenvalue weighted by Crippen LogP contribution is 2.25. The normalized spacial score (nSPS) is 12.0. The summed E-state index contributed by atoms with van der Waals surface area (Å²) < 4.78 is 36.4. The Morgan fingerprint density at radius 1 is 1.44 bits per heavy atom. The summed E-state index contributed by atoms with van der Waals surface area (Å²) in [6.07, 6.45) is 1.28. The highest BCUT2D eigenvalue weighted by Gasteiger charge is 2.23. The molecule has 2 rings (SSSR count). The zero-order chi connectivity index (χ0) is 13.3. The second kappa shape index (κ2) is 4.77. The molecule has 18 heavy (non-hydrogen) atoms. The van der Waals surface area contributed by atoms with Gasteiger partial charge in [0.25, 0.3) is 15.1 Å². The Hall–Kier alpha value is -1.28. The van der Waals surface area contributed by atoms with Crippen LogP contribution in [0.5, 0.6) is 0 Å². The van der Waals surface area contributed by atoms with Gasteiger partial charge in [0.2, 0.25) is 0 Å². The fourth-order valence-electron chi connectivity index (χ4n) is 1.27. The summed E-state index contributed by atoms with van der Waals surface area (Å²) in [6.45, 7) is 3.84. The van der Waals surface area contributed by atoms with E-state index in [1.165, 1.54) is 12.3 Å². The smallest absolute Gasteiger partial charge is 0.297 e. The minimum absolute atomic E-state index is 0.127. The summed E-state index contributed by atoms with van der Waals surface area (Å²) in [6, 6.07) is 3.04. The molecule has 0 aliphatic carbocycles. The molecule has 0 amide bonds. The lowest BCUT2D eigenvalue weighted by atomic mass is 10.2. The largest absolute Gasteiger partial charge is 0.450 e. The van der Waals surface area contributed by atoms with Gasteiger partial charge < -0.3 is 8.94 Å². The van der Waals surface area contributed by atoms with Gasteiger partial charge in [0.15, 0.2) is 5.82 Å².